The molecular formula is C16H27N3O3. The number of aryl methyl sites for hydroxylation is 1. The highest BCUT2D eigenvalue weighted by Gasteiger charge is 2.52. The van der Waals surface area contributed by atoms with E-state index < -0.39 is 17.3 Å². The van der Waals surface area contributed by atoms with Crippen molar-refractivity contribution < 1.29 is 14.9 Å². The van der Waals surface area contributed by atoms with Gasteiger partial charge >= 0.3 is 0 Å². The van der Waals surface area contributed by atoms with E-state index in [9.17, 15) is 10.2 Å². The number of hydrogen-bond acceptors (Lipinski definition) is 5. The highest BCUT2D eigenvalue weighted by atomic mass is 16.5. The minimum atomic E-state index is -1.04. The second-order valence-electron chi connectivity index (χ2n) is 6.86. The normalized spacial score (nSPS) is 32.5. The summed E-state index contributed by atoms with van der Waals surface area (Å²) in [5.41, 5.74) is -0.545. The van der Waals surface area contributed by atoms with Crippen molar-refractivity contribution in [1.29, 1.82) is 0 Å². The zero-order valence-electron chi connectivity index (χ0n) is 13.5. The minimum absolute atomic E-state index is 0.494. The Morgan fingerprint density at radius 1 is 1.36 bits per heavy atom. The summed E-state index contributed by atoms with van der Waals surface area (Å²) in [6, 6.07) is 2.06. The fraction of sp³-hybridized carbons (Fsp3) is 0.812. The Labute approximate surface area is 131 Å². The van der Waals surface area contributed by atoms with Gasteiger partial charge in [-0.25, -0.2) is 0 Å². The van der Waals surface area contributed by atoms with Crippen molar-refractivity contribution in [3.63, 3.8) is 0 Å². The van der Waals surface area contributed by atoms with Crippen LogP contribution in [-0.2, 0) is 17.8 Å². The van der Waals surface area contributed by atoms with Crippen molar-refractivity contribution in [2.24, 2.45) is 0 Å². The lowest BCUT2D eigenvalue weighted by molar-refractivity contribution is -0.246. The maximum Gasteiger partial charge on any atom is 0.111 e. The largest absolute Gasteiger partial charge is 0.387 e. The first-order valence-corrected chi connectivity index (χ1v) is 8.24. The number of aromatic nitrogens is 2. The van der Waals surface area contributed by atoms with Gasteiger partial charge in [0.1, 0.15) is 6.10 Å². The number of hydrogen-bond donors (Lipinski definition) is 2. The lowest BCUT2D eigenvalue weighted by atomic mass is 9.75. The summed E-state index contributed by atoms with van der Waals surface area (Å²) < 4.78 is 7.85. The predicted octanol–water partition coefficient (Wildman–Crippen LogP) is 0.770. The third-order valence-corrected chi connectivity index (χ3v) is 5.19. The zero-order valence-corrected chi connectivity index (χ0v) is 13.5. The summed E-state index contributed by atoms with van der Waals surface area (Å²) in [5, 5.41) is 25.4. The van der Waals surface area contributed by atoms with Crippen LogP contribution in [0.2, 0.25) is 0 Å². The fourth-order valence-electron chi connectivity index (χ4n) is 3.64. The Balaban J connectivity index is 1.60. The Morgan fingerprint density at radius 3 is 2.73 bits per heavy atom. The molecule has 0 bridgehead atoms. The molecule has 1 spiro atoms. The van der Waals surface area contributed by atoms with Gasteiger partial charge in [-0.05, 0) is 32.8 Å². The van der Waals surface area contributed by atoms with Gasteiger partial charge in [-0.2, -0.15) is 5.10 Å². The minimum Gasteiger partial charge on any atom is -0.387 e. The molecule has 0 amide bonds. The molecule has 2 fully saturated rings. The molecule has 2 saturated heterocycles. The molecule has 0 unspecified atom stereocenters. The second-order valence-corrected chi connectivity index (χ2v) is 6.86. The highest BCUT2D eigenvalue weighted by molar-refractivity contribution is 5.05. The molecule has 6 nitrogen and oxygen atoms in total. The Morgan fingerprint density at radius 2 is 2.09 bits per heavy atom. The molecule has 0 aromatic carbocycles. The van der Waals surface area contributed by atoms with Crippen LogP contribution in [0.3, 0.4) is 0 Å². The molecule has 0 aliphatic carbocycles. The average Bonchev–Trinajstić information content (AvgIpc) is 2.95. The average molecular weight is 309 g/mol. The van der Waals surface area contributed by atoms with Crippen LogP contribution in [0, 0.1) is 0 Å². The molecule has 124 valence electrons. The van der Waals surface area contributed by atoms with Crippen molar-refractivity contribution >= 4 is 0 Å². The molecule has 0 saturated carbocycles. The number of aliphatic hydroxyl groups is 2. The second kappa shape index (κ2) is 5.92. The quantitative estimate of drug-likeness (QED) is 0.863. The molecule has 22 heavy (non-hydrogen) atoms. The van der Waals surface area contributed by atoms with Gasteiger partial charge in [-0.3, -0.25) is 9.58 Å². The lowest BCUT2D eigenvalue weighted by Gasteiger charge is -2.51. The number of piperidine rings is 1. The monoisotopic (exact) mass is 309 g/mol. The van der Waals surface area contributed by atoms with Gasteiger partial charge in [-0.1, -0.05) is 0 Å². The number of ether oxygens (including phenoxy) is 1. The first-order chi connectivity index (χ1) is 10.5. The number of nitrogens with zero attached hydrogens (tertiary/aromatic N) is 3. The highest BCUT2D eigenvalue weighted by Crippen LogP contribution is 2.39. The molecule has 1 aromatic heterocycles. The molecule has 2 atom stereocenters. The summed E-state index contributed by atoms with van der Waals surface area (Å²) in [6.45, 7) is 7.73. The van der Waals surface area contributed by atoms with Crippen LogP contribution in [-0.4, -0.2) is 61.9 Å². The van der Waals surface area contributed by atoms with Crippen LogP contribution < -0.4 is 0 Å². The van der Waals surface area contributed by atoms with Gasteiger partial charge in [0, 0.05) is 38.8 Å². The first-order valence-electron chi connectivity index (χ1n) is 8.24. The summed E-state index contributed by atoms with van der Waals surface area (Å²) >= 11 is 0. The van der Waals surface area contributed by atoms with Gasteiger partial charge in [0.25, 0.3) is 0 Å². The summed E-state index contributed by atoms with van der Waals surface area (Å²) in [6.07, 6.45) is 3.19. The van der Waals surface area contributed by atoms with E-state index in [2.05, 4.69) is 23.0 Å². The summed E-state index contributed by atoms with van der Waals surface area (Å²) in [5.74, 6) is 0. The van der Waals surface area contributed by atoms with Gasteiger partial charge < -0.3 is 14.9 Å². The summed E-state index contributed by atoms with van der Waals surface area (Å²) in [4.78, 5) is 2.34. The Bertz CT molecular complexity index is 506. The van der Waals surface area contributed by atoms with Crippen LogP contribution in [0.1, 0.15) is 38.8 Å². The molecule has 3 heterocycles. The van der Waals surface area contributed by atoms with E-state index in [1.54, 1.807) is 6.92 Å². The molecule has 2 aliphatic rings. The van der Waals surface area contributed by atoms with Gasteiger partial charge in [0.15, 0.2) is 0 Å². The molecular weight excluding hydrogens is 282 g/mol. The zero-order chi connectivity index (χ0) is 15.8. The molecule has 3 rings (SSSR count). The lowest BCUT2D eigenvalue weighted by Crippen LogP contribution is -2.64. The van der Waals surface area contributed by atoms with Crippen molar-refractivity contribution in [3.8, 4) is 0 Å². The van der Waals surface area contributed by atoms with Crippen molar-refractivity contribution in [2.45, 2.75) is 63.5 Å². The van der Waals surface area contributed by atoms with Crippen molar-refractivity contribution in [3.05, 3.63) is 18.0 Å². The van der Waals surface area contributed by atoms with Gasteiger partial charge in [-0.15, -0.1) is 0 Å². The van der Waals surface area contributed by atoms with Gasteiger partial charge in [0.05, 0.1) is 23.5 Å². The van der Waals surface area contributed by atoms with E-state index in [0.29, 0.717) is 13.0 Å². The Kier molecular flexibility index (Phi) is 4.29. The maximum atomic E-state index is 10.5. The number of rotatable bonds is 3. The van der Waals surface area contributed by atoms with Crippen LogP contribution in [0.4, 0.5) is 0 Å². The molecule has 6 heteroatoms. The maximum absolute atomic E-state index is 10.5. The summed E-state index contributed by atoms with van der Waals surface area (Å²) in [7, 11) is 0. The SMILES string of the molecule is CCn1ccc(CN2CCC3(CC2)OCC[C@@](C)(O)[C@@H]3O)n1. The van der Waals surface area contributed by atoms with E-state index in [1.807, 2.05) is 10.9 Å². The van der Waals surface area contributed by atoms with Crippen LogP contribution >= 0.6 is 0 Å². The van der Waals surface area contributed by atoms with E-state index in [-0.39, 0.29) is 0 Å². The fourth-order valence-corrected chi connectivity index (χ4v) is 3.64. The smallest absolute Gasteiger partial charge is 0.111 e. The van der Waals surface area contributed by atoms with Gasteiger partial charge in [0.2, 0.25) is 0 Å². The van der Waals surface area contributed by atoms with Crippen LogP contribution in [0.5, 0.6) is 0 Å². The van der Waals surface area contributed by atoms with Crippen LogP contribution in [0.25, 0.3) is 0 Å². The molecule has 2 N–H and O–H groups in total. The first kappa shape index (κ1) is 15.9. The third kappa shape index (κ3) is 2.93. The van der Waals surface area contributed by atoms with Crippen molar-refractivity contribution in [2.75, 3.05) is 19.7 Å². The number of likely N-dealkylation sites (tertiary alicyclic amines) is 1. The van der Waals surface area contributed by atoms with E-state index in [0.717, 1.165) is 44.7 Å². The molecule has 2 aliphatic heterocycles. The van der Waals surface area contributed by atoms with Crippen LogP contribution in [0.15, 0.2) is 12.3 Å². The van der Waals surface area contributed by atoms with Crippen molar-refractivity contribution in [1.82, 2.24) is 14.7 Å². The molecule has 0 radical (unpaired) electrons. The predicted molar refractivity (Wildman–Crippen MR) is 82.3 cm³/mol. The van der Waals surface area contributed by atoms with E-state index in [4.69, 9.17) is 4.74 Å². The topological polar surface area (TPSA) is 70.8 Å². The van der Waals surface area contributed by atoms with E-state index in [1.165, 1.54) is 0 Å². The Hall–Kier alpha value is -0.950. The van der Waals surface area contributed by atoms with E-state index >= 15 is 0 Å². The third-order valence-electron chi connectivity index (χ3n) is 5.19. The standard InChI is InChI=1S/C16H27N3O3/c1-3-19-8-4-13(17-19)12-18-9-5-16(6-10-18)14(20)15(2,21)7-11-22-16/h4,8,14,20-21H,3,5-7,9-12H2,1-2H3/t14-,15+/m0/s1. The molecule has 1 aromatic rings. The number of aliphatic hydroxyl groups excluding tert-OH is 1.